The fourth-order valence-electron chi connectivity index (χ4n) is 7.85. The topological polar surface area (TPSA) is 63.0 Å². The minimum Gasteiger partial charge on any atom is -0.456 e. The SMILES string of the molecule is c1ccc(C2=NC(c3ccc(-c4ccccc4)cc3)NC(c3ccc(-c4ccc5c(c4)oc4ccccc45)c4oc5cc6ccccc6cc5c34)=N2)cc1. The van der Waals surface area contributed by atoms with Crippen molar-refractivity contribution in [3.63, 3.8) is 0 Å². The van der Waals surface area contributed by atoms with E-state index in [4.69, 9.17) is 18.8 Å². The largest absolute Gasteiger partial charge is 0.456 e. The number of nitrogens with zero attached hydrogens (tertiary/aromatic N) is 2. The lowest BCUT2D eigenvalue weighted by atomic mass is 9.96. The molecular weight excluding hydrogens is 663 g/mol. The highest BCUT2D eigenvalue weighted by Crippen LogP contribution is 2.42. The molecule has 1 aliphatic rings. The summed E-state index contributed by atoms with van der Waals surface area (Å²) < 4.78 is 13.2. The number of amidine groups is 2. The second-order valence-corrected chi connectivity index (χ2v) is 13.8. The number of hydrogen-bond donors (Lipinski definition) is 1. The van der Waals surface area contributed by atoms with E-state index < -0.39 is 0 Å². The van der Waals surface area contributed by atoms with E-state index in [1.807, 2.05) is 42.5 Å². The Kier molecular flexibility index (Phi) is 6.85. The maximum atomic E-state index is 6.88. The summed E-state index contributed by atoms with van der Waals surface area (Å²) in [7, 11) is 0. The molecule has 0 fully saturated rings. The van der Waals surface area contributed by atoms with E-state index in [0.717, 1.165) is 93.9 Å². The highest BCUT2D eigenvalue weighted by Gasteiger charge is 2.26. The van der Waals surface area contributed by atoms with Gasteiger partial charge in [0.25, 0.3) is 0 Å². The zero-order valence-electron chi connectivity index (χ0n) is 29.0. The van der Waals surface area contributed by atoms with Crippen molar-refractivity contribution in [2.45, 2.75) is 6.17 Å². The molecule has 1 unspecified atom stereocenters. The fourth-order valence-corrected chi connectivity index (χ4v) is 7.85. The number of hydrogen-bond acceptors (Lipinski definition) is 5. The average molecular weight is 694 g/mol. The molecular formula is C49H31N3O2. The molecule has 2 aromatic heterocycles. The normalized spacial score (nSPS) is 14.5. The van der Waals surface area contributed by atoms with Crippen LogP contribution in [0.2, 0.25) is 0 Å². The summed E-state index contributed by atoms with van der Waals surface area (Å²) >= 11 is 0. The van der Waals surface area contributed by atoms with E-state index >= 15 is 0 Å². The summed E-state index contributed by atoms with van der Waals surface area (Å²) in [6, 6.07) is 61.0. The van der Waals surface area contributed by atoms with Crippen molar-refractivity contribution in [2.75, 3.05) is 0 Å². The zero-order valence-corrected chi connectivity index (χ0v) is 29.0. The quantitative estimate of drug-likeness (QED) is 0.195. The molecule has 5 heteroatoms. The van der Waals surface area contributed by atoms with Crippen molar-refractivity contribution in [1.29, 1.82) is 0 Å². The van der Waals surface area contributed by atoms with Gasteiger partial charge < -0.3 is 14.2 Å². The third-order valence-corrected chi connectivity index (χ3v) is 10.5. The molecule has 10 aromatic rings. The van der Waals surface area contributed by atoms with Crippen LogP contribution in [0.5, 0.6) is 0 Å². The van der Waals surface area contributed by atoms with Crippen molar-refractivity contribution in [1.82, 2.24) is 5.32 Å². The first-order valence-corrected chi connectivity index (χ1v) is 18.2. The molecule has 0 amide bonds. The van der Waals surface area contributed by atoms with E-state index in [-0.39, 0.29) is 6.17 Å². The van der Waals surface area contributed by atoms with Gasteiger partial charge in [0, 0.05) is 38.2 Å². The number of fused-ring (bicyclic) bond motifs is 7. The Labute approximate surface area is 310 Å². The maximum absolute atomic E-state index is 6.88. The van der Waals surface area contributed by atoms with Gasteiger partial charge in [0.2, 0.25) is 0 Å². The molecule has 1 aliphatic heterocycles. The van der Waals surface area contributed by atoms with Crippen LogP contribution in [0.4, 0.5) is 0 Å². The molecule has 0 radical (unpaired) electrons. The van der Waals surface area contributed by atoms with Gasteiger partial charge in [-0.2, -0.15) is 0 Å². The summed E-state index contributed by atoms with van der Waals surface area (Å²) in [5.74, 6) is 1.41. The monoisotopic (exact) mass is 693 g/mol. The van der Waals surface area contributed by atoms with Gasteiger partial charge in [-0.05, 0) is 75.5 Å². The molecule has 1 atom stereocenters. The smallest absolute Gasteiger partial charge is 0.159 e. The van der Waals surface area contributed by atoms with Crippen LogP contribution in [0.3, 0.4) is 0 Å². The first-order valence-electron chi connectivity index (χ1n) is 18.2. The minimum absolute atomic E-state index is 0.359. The van der Waals surface area contributed by atoms with Gasteiger partial charge in [-0.15, -0.1) is 0 Å². The molecule has 1 N–H and O–H groups in total. The first kappa shape index (κ1) is 30.4. The number of para-hydroxylation sites is 1. The lowest BCUT2D eigenvalue weighted by Crippen LogP contribution is -2.33. The van der Waals surface area contributed by atoms with Gasteiger partial charge in [-0.25, -0.2) is 9.98 Å². The van der Waals surface area contributed by atoms with Gasteiger partial charge in [-0.3, -0.25) is 0 Å². The lowest BCUT2D eigenvalue weighted by molar-refractivity contribution is 0.668. The molecule has 0 bridgehead atoms. The van der Waals surface area contributed by atoms with E-state index in [1.54, 1.807) is 0 Å². The first-order chi connectivity index (χ1) is 26.7. The Hall–Kier alpha value is -7.24. The van der Waals surface area contributed by atoms with Crippen molar-refractivity contribution >= 4 is 66.3 Å². The van der Waals surface area contributed by atoms with Crippen molar-refractivity contribution in [3.05, 3.63) is 193 Å². The third-order valence-electron chi connectivity index (χ3n) is 10.5. The minimum atomic E-state index is -0.359. The summed E-state index contributed by atoms with van der Waals surface area (Å²) in [5, 5.41) is 10.2. The van der Waals surface area contributed by atoms with Crippen LogP contribution < -0.4 is 5.32 Å². The van der Waals surface area contributed by atoms with E-state index in [9.17, 15) is 0 Å². The predicted molar refractivity (Wildman–Crippen MR) is 221 cm³/mol. The van der Waals surface area contributed by atoms with Gasteiger partial charge in [0.15, 0.2) is 5.84 Å². The summed E-state index contributed by atoms with van der Waals surface area (Å²) in [4.78, 5) is 10.4. The van der Waals surface area contributed by atoms with Crippen LogP contribution in [0.25, 0.3) is 76.9 Å². The summed E-state index contributed by atoms with van der Waals surface area (Å²) in [6.45, 7) is 0. The number of benzene rings is 8. The van der Waals surface area contributed by atoms with Crippen molar-refractivity contribution < 1.29 is 8.83 Å². The number of aliphatic imine (C=N–C) groups is 2. The Morgan fingerprint density at radius 2 is 1.07 bits per heavy atom. The molecule has 11 rings (SSSR count). The molecule has 0 saturated heterocycles. The van der Waals surface area contributed by atoms with Gasteiger partial charge in [0.1, 0.15) is 34.3 Å². The molecule has 54 heavy (non-hydrogen) atoms. The van der Waals surface area contributed by atoms with Crippen LogP contribution >= 0.6 is 0 Å². The summed E-state index contributed by atoms with van der Waals surface area (Å²) in [5.41, 5.74) is 10.6. The van der Waals surface area contributed by atoms with Crippen LogP contribution in [-0.2, 0) is 0 Å². The standard InChI is InChI=1S/C49H31N3O2/c1-3-11-30(12-4-1)31-19-21-33(22-20-31)48-50-47(32-13-5-2-6-14-32)51-49(52-48)40-26-25-37(36-23-24-39-38-17-9-10-18-42(38)53-43(39)29-36)46-45(40)41-27-34-15-7-8-16-35(34)28-44(41)54-46/h1-29,48H,(H,50,51,52). The Morgan fingerprint density at radius 3 is 1.89 bits per heavy atom. The average Bonchev–Trinajstić information content (AvgIpc) is 3.81. The molecule has 8 aromatic carbocycles. The maximum Gasteiger partial charge on any atom is 0.159 e. The second-order valence-electron chi connectivity index (χ2n) is 13.8. The molecule has 3 heterocycles. The van der Waals surface area contributed by atoms with Gasteiger partial charge in [0.05, 0.1) is 0 Å². The highest BCUT2D eigenvalue weighted by molar-refractivity contribution is 6.24. The van der Waals surface area contributed by atoms with Crippen LogP contribution in [0.15, 0.2) is 195 Å². The Bertz CT molecular complexity index is 3120. The number of rotatable bonds is 5. The summed E-state index contributed by atoms with van der Waals surface area (Å²) in [6.07, 6.45) is -0.359. The van der Waals surface area contributed by atoms with E-state index in [2.05, 4.69) is 139 Å². The molecule has 5 nitrogen and oxygen atoms in total. The van der Waals surface area contributed by atoms with E-state index in [0.29, 0.717) is 5.84 Å². The molecule has 0 aliphatic carbocycles. The highest BCUT2D eigenvalue weighted by atomic mass is 16.3. The third kappa shape index (κ3) is 5.01. The predicted octanol–water partition coefficient (Wildman–Crippen LogP) is 12.5. The van der Waals surface area contributed by atoms with Crippen molar-refractivity contribution in [2.24, 2.45) is 9.98 Å². The van der Waals surface area contributed by atoms with Gasteiger partial charge >= 0.3 is 0 Å². The second kappa shape index (κ2) is 12.2. The Morgan fingerprint density at radius 1 is 0.444 bits per heavy atom. The molecule has 0 saturated carbocycles. The van der Waals surface area contributed by atoms with Crippen LogP contribution in [0, 0.1) is 0 Å². The fraction of sp³-hybridized carbons (Fsp3) is 0.0204. The van der Waals surface area contributed by atoms with Gasteiger partial charge in [-0.1, -0.05) is 133 Å². The van der Waals surface area contributed by atoms with E-state index in [1.165, 1.54) is 5.56 Å². The number of furan rings is 2. The van der Waals surface area contributed by atoms with Crippen LogP contribution in [0.1, 0.15) is 22.9 Å². The molecule has 0 spiro atoms. The Balaban J connectivity index is 1.10. The van der Waals surface area contributed by atoms with Crippen LogP contribution in [-0.4, -0.2) is 11.7 Å². The molecule has 254 valence electrons. The van der Waals surface area contributed by atoms with Crippen molar-refractivity contribution in [3.8, 4) is 22.3 Å². The lowest BCUT2D eigenvalue weighted by Gasteiger charge is -2.24. The number of nitrogens with one attached hydrogen (secondary N) is 1. The zero-order chi connectivity index (χ0) is 35.6.